The zero-order valence-corrected chi connectivity index (χ0v) is 11.6. The molecule has 2 N–H and O–H groups in total. The minimum atomic E-state index is -0.304. The van der Waals surface area contributed by atoms with Crippen LogP contribution in [0.25, 0.3) is 10.8 Å². The maximum Gasteiger partial charge on any atom is 0.255 e. The van der Waals surface area contributed by atoms with Crippen LogP contribution in [0.5, 0.6) is 5.75 Å². The minimum absolute atomic E-state index is 0.0109. The third-order valence-electron chi connectivity index (χ3n) is 3.36. The summed E-state index contributed by atoms with van der Waals surface area (Å²) in [6, 6.07) is 10.9. The summed E-state index contributed by atoms with van der Waals surface area (Å²) in [4.78, 5) is 12.2. The highest BCUT2D eigenvalue weighted by molar-refractivity contribution is 6.03. The Morgan fingerprint density at radius 1 is 1.29 bits per heavy atom. The van der Waals surface area contributed by atoms with Crippen molar-refractivity contribution in [3.8, 4) is 5.75 Å². The predicted octanol–water partition coefficient (Wildman–Crippen LogP) is 2.21. The van der Waals surface area contributed by atoms with Gasteiger partial charge in [-0.3, -0.25) is 9.48 Å². The average Bonchev–Trinajstić information content (AvgIpc) is 2.91. The molecule has 0 unspecified atom stereocenters. The summed E-state index contributed by atoms with van der Waals surface area (Å²) in [6.45, 7) is 0.374. The first-order valence-corrected chi connectivity index (χ1v) is 6.61. The third kappa shape index (κ3) is 2.58. The lowest BCUT2D eigenvalue weighted by Crippen LogP contribution is -2.22. The molecule has 1 aromatic heterocycles. The minimum Gasteiger partial charge on any atom is -0.506 e. The first kappa shape index (κ1) is 13.2. The van der Waals surface area contributed by atoms with Crippen molar-refractivity contribution >= 4 is 16.7 Å². The molecule has 5 heteroatoms. The SMILES string of the molecule is Cn1cc(CNC(=O)c2ccc3ccccc3c2O)cn1. The number of carbonyl (C=O) groups is 1. The van der Waals surface area contributed by atoms with Crippen LogP contribution in [0.2, 0.25) is 0 Å². The van der Waals surface area contributed by atoms with Gasteiger partial charge in [0.05, 0.1) is 11.8 Å². The molecule has 3 aromatic rings. The number of aromatic hydroxyl groups is 1. The van der Waals surface area contributed by atoms with Gasteiger partial charge in [0.25, 0.3) is 5.91 Å². The lowest BCUT2D eigenvalue weighted by atomic mass is 10.0. The summed E-state index contributed by atoms with van der Waals surface area (Å²) in [7, 11) is 1.82. The number of rotatable bonds is 3. The van der Waals surface area contributed by atoms with E-state index in [1.165, 1.54) is 0 Å². The molecule has 0 spiro atoms. The number of hydrogen-bond acceptors (Lipinski definition) is 3. The predicted molar refractivity (Wildman–Crippen MR) is 80.0 cm³/mol. The van der Waals surface area contributed by atoms with Gasteiger partial charge in [-0.1, -0.05) is 30.3 Å². The molecular weight excluding hydrogens is 266 g/mol. The van der Waals surface area contributed by atoms with E-state index < -0.39 is 0 Å². The number of fused-ring (bicyclic) bond motifs is 1. The molecule has 0 atom stereocenters. The number of phenolic OH excluding ortho intramolecular Hbond substituents is 1. The van der Waals surface area contributed by atoms with E-state index >= 15 is 0 Å². The maximum absolute atomic E-state index is 12.2. The van der Waals surface area contributed by atoms with E-state index in [-0.39, 0.29) is 17.2 Å². The number of nitrogens with one attached hydrogen (secondary N) is 1. The number of nitrogens with zero attached hydrogens (tertiary/aromatic N) is 2. The second kappa shape index (κ2) is 5.28. The van der Waals surface area contributed by atoms with Crippen molar-refractivity contribution in [2.75, 3.05) is 0 Å². The van der Waals surface area contributed by atoms with Crippen molar-refractivity contribution in [1.29, 1.82) is 0 Å². The van der Waals surface area contributed by atoms with Crippen LogP contribution in [0.15, 0.2) is 48.8 Å². The Bertz CT molecular complexity index is 808. The fraction of sp³-hybridized carbons (Fsp3) is 0.125. The summed E-state index contributed by atoms with van der Waals surface area (Å²) in [5.74, 6) is -0.293. The first-order chi connectivity index (χ1) is 10.1. The molecule has 1 heterocycles. The normalized spacial score (nSPS) is 10.7. The van der Waals surface area contributed by atoms with E-state index in [9.17, 15) is 9.90 Å². The molecular formula is C16H15N3O2. The van der Waals surface area contributed by atoms with Crippen LogP contribution in [-0.4, -0.2) is 20.8 Å². The average molecular weight is 281 g/mol. The zero-order valence-electron chi connectivity index (χ0n) is 11.6. The second-order valence-electron chi connectivity index (χ2n) is 4.89. The maximum atomic E-state index is 12.2. The summed E-state index contributed by atoms with van der Waals surface area (Å²) < 4.78 is 1.68. The Hall–Kier alpha value is -2.82. The fourth-order valence-electron chi connectivity index (χ4n) is 2.28. The van der Waals surface area contributed by atoms with Crippen molar-refractivity contribution in [2.24, 2.45) is 7.05 Å². The monoisotopic (exact) mass is 281 g/mol. The van der Waals surface area contributed by atoms with Crippen molar-refractivity contribution in [2.45, 2.75) is 6.54 Å². The number of phenols is 1. The molecule has 0 saturated heterocycles. The zero-order chi connectivity index (χ0) is 14.8. The first-order valence-electron chi connectivity index (χ1n) is 6.61. The quantitative estimate of drug-likeness (QED) is 0.773. The van der Waals surface area contributed by atoms with E-state index in [0.717, 1.165) is 10.9 Å². The Morgan fingerprint density at radius 3 is 2.86 bits per heavy atom. The molecule has 0 aliphatic carbocycles. The number of aromatic nitrogens is 2. The molecule has 0 aliphatic rings. The van der Waals surface area contributed by atoms with E-state index in [1.807, 2.05) is 37.5 Å². The van der Waals surface area contributed by atoms with Gasteiger partial charge in [-0.05, 0) is 11.5 Å². The van der Waals surface area contributed by atoms with Crippen LogP contribution in [0.3, 0.4) is 0 Å². The van der Waals surface area contributed by atoms with Crippen LogP contribution in [0, 0.1) is 0 Å². The summed E-state index contributed by atoms with van der Waals surface area (Å²) in [5, 5.41) is 18.6. The molecule has 106 valence electrons. The Morgan fingerprint density at radius 2 is 2.10 bits per heavy atom. The van der Waals surface area contributed by atoms with Crippen LogP contribution in [-0.2, 0) is 13.6 Å². The molecule has 1 amide bonds. The van der Waals surface area contributed by atoms with Gasteiger partial charge in [-0.25, -0.2) is 0 Å². The topological polar surface area (TPSA) is 67.2 Å². The van der Waals surface area contributed by atoms with Crippen LogP contribution in [0.1, 0.15) is 15.9 Å². The Kier molecular flexibility index (Phi) is 3.31. The van der Waals surface area contributed by atoms with Gasteiger partial charge in [0.2, 0.25) is 0 Å². The van der Waals surface area contributed by atoms with Gasteiger partial charge in [0.1, 0.15) is 5.75 Å². The van der Waals surface area contributed by atoms with Crippen molar-refractivity contribution in [3.63, 3.8) is 0 Å². The van der Waals surface area contributed by atoms with E-state index in [0.29, 0.717) is 11.9 Å². The number of carbonyl (C=O) groups excluding carboxylic acids is 1. The van der Waals surface area contributed by atoms with Crippen LogP contribution < -0.4 is 5.32 Å². The van der Waals surface area contributed by atoms with Crippen LogP contribution in [0.4, 0.5) is 0 Å². The number of hydrogen-bond donors (Lipinski definition) is 2. The van der Waals surface area contributed by atoms with Gasteiger partial charge in [0, 0.05) is 30.7 Å². The molecule has 21 heavy (non-hydrogen) atoms. The largest absolute Gasteiger partial charge is 0.506 e. The molecule has 5 nitrogen and oxygen atoms in total. The smallest absolute Gasteiger partial charge is 0.255 e. The lowest BCUT2D eigenvalue weighted by Gasteiger charge is -2.08. The van der Waals surface area contributed by atoms with Gasteiger partial charge >= 0.3 is 0 Å². The third-order valence-corrected chi connectivity index (χ3v) is 3.36. The van der Waals surface area contributed by atoms with E-state index in [1.54, 1.807) is 23.0 Å². The highest BCUT2D eigenvalue weighted by atomic mass is 16.3. The molecule has 0 radical (unpaired) electrons. The fourth-order valence-corrected chi connectivity index (χ4v) is 2.28. The molecule has 0 saturated carbocycles. The van der Waals surface area contributed by atoms with Gasteiger partial charge in [-0.2, -0.15) is 5.10 Å². The van der Waals surface area contributed by atoms with Gasteiger partial charge in [0.15, 0.2) is 0 Å². The van der Waals surface area contributed by atoms with Crippen molar-refractivity contribution < 1.29 is 9.90 Å². The van der Waals surface area contributed by atoms with E-state index in [2.05, 4.69) is 10.4 Å². The highest BCUT2D eigenvalue weighted by Gasteiger charge is 2.13. The summed E-state index contributed by atoms with van der Waals surface area (Å²) >= 11 is 0. The highest BCUT2D eigenvalue weighted by Crippen LogP contribution is 2.28. The molecule has 0 aliphatic heterocycles. The summed E-state index contributed by atoms with van der Waals surface area (Å²) in [5.41, 5.74) is 1.18. The Balaban J connectivity index is 1.82. The van der Waals surface area contributed by atoms with Crippen LogP contribution >= 0.6 is 0 Å². The molecule has 0 fully saturated rings. The number of amides is 1. The second-order valence-corrected chi connectivity index (χ2v) is 4.89. The van der Waals surface area contributed by atoms with Crippen molar-refractivity contribution in [3.05, 3.63) is 59.9 Å². The van der Waals surface area contributed by atoms with Gasteiger partial charge < -0.3 is 10.4 Å². The Labute approximate surface area is 121 Å². The lowest BCUT2D eigenvalue weighted by molar-refractivity contribution is 0.0948. The van der Waals surface area contributed by atoms with E-state index in [4.69, 9.17) is 0 Å². The number of benzene rings is 2. The summed E-state index contributed by atoms with van der Waals surface area (Å²) in [6.07, 6.45) is 3.53. The molecule has 0 bridgehead atoms. The van der Waals surface area contributed by atoms with Gasteiger partial charge in [-0.15, -0.1) is 0 Å². The molecule has 3 rings (SSSR count). The molecule has 2 aromatic carbocycles. The number of aryl methyl sites for hydroxylation is 1. The standard InChI is InChI=1S/C16H15N3O2/c1-19-10-11(9-18-19)8-17-16(21)14-7-6-12-4-2-3-5-13(12)15(14)20/h2-7,9-10,20H,8H2,1H3,(H,17,21). The van der Waals surface area contributed by atoms with Crippen molar-refractivity contribution in [1.82, 2.24) is 15.1 Å².